The number of aromatic nitrogens is 4. The van der Waals surface area contributed by atoms with E-state index in [1.165, 1.54) is 28.6 Å². The number of rotatable bonds is 6. The summed E-state index contributed by atoms with van der Waals surface area (Å²) in [5, 5.41) is 13.7. The third kappa shape index (κ3) is 3.84. The first-order chi connectivity index (χ1) is 15.5. The van der Waals surface area contributed by atoms with Crippen molar-refractivity contribution in [2.45, 2.75) is 45.2 Å². The van der Waals surface area contributed by atoms with Crippen LogP contribution in [-0.2, 0) is 17.6 Å². The molecule has 7 nitrogen and oxygen atoms in total. The normalized spacial score (nSPS) is 15.8. The number of para-hydroxylation sites is 2. The van der Waals surface area contributed by atoms with Crippen LogP contribution >= 0.6 is 23.1 Å². The molecule has 1 amide bonds. The van der Waals surface area contributed by atoms with Crippen molar-refractivity contribution >= 4 is 50.6 Å². The zero-order valence-corrected chi connectivity index (χ0v) is 20.0. The minimum Gasteiger partial charge on any atom is -0.492 e. The summed E-state index contributed by atoms with van der Waals surface area (Å²) in [5.41, 5.74) is 2.91. The summed E-state index contributed by atoms with van der Waals surface area (Å²) in [6.07, 6.45) is 3.37. The predicted molar refractivity (Wildman–Crippen MR) is 129 cm³/mol. The van der Waals surface area contributed by atoms with Gasteiger partial charge in [-0.2, -0.15) is 0 Å². The van der Waals surface area contributed by atoms with E-state index in [1.54, 1.807) is 11.3 Å². The molecule has 0 radical (unpaired) electrons. The van der Waals surface area contributed by atoms with E-state index < -0.39 is 0 Å². The molecule has 1 aromatic carbocycles. The van der Waals surface area contributed by atoms with Crippen LogP contribution in [0.1, 0.15) is 36.5 Å². The van der Waals surface area contributed by atoms with Crippen LogP contribution in [0.3, 0.4) is 0 Å². The highest BCUT2D eigenvalue weighted by atomic mass is 32.2. The van der Waals surface area contributed by atoms with E-state index in [9.17, 15) is 4.79 Å². The Balaban J connectivity index is 1.40. The molecule has 3 heterocycles. The van der Waals surface area contributed by atoms with Crippen LogP contribution in [0.5, 0.6) is 5.75 Å². The summed E-state index contributed by atoms with van der Waals surface area (Å²) < 4.78 is 7.58. The quantitative estimate of drug-likeness (QED) is 0.406. The van der Waals surface area contributed by atoms with Gasteiger partial charge in [0.1, 0.15) is 16.4 Å². The fraction of sp³-hybridized carbons (Fsp3) is 0.391. The minimum absolute atomic E-state index is 0.118. The summed E-state index contributed by atoms with van der Waals surface area (Å²) >= 11 is 3.16. The number of anilines is 1. The van der Waals surface area contributed by atoms with Crippen LogP contribution in [0.2, 0.25) is 0 Å². The van der Waals surface area contributed by atoms with Gasteiger partial charge in [-0.3, -0.25) is 9.20 Å². The second-order valence-corrected chi connectivity index (χ2v) is 10.1. The monoisotopic (exact) mass is 467 g/mol. The van der Waals surface area contributed by atoms with Crippen molar-refractivity contribution in [2.24, 2.45) is 5.92 Å². The first kappa shape index (κ1) is 21.2. The lowest BCUT2D eigenvalue weighted by molar-refractivity contribution is -0.113. The maximum absolute atomic E-state index is 12.6. The highest BCUT2D eigenvalue weighted by Gasteiger charge is 2.25. The fourth-order valence-corrected chi connectivity index (χ4v) is 6.43. The number of ether oxygens (including phenoxy) is 1. The smallest absolute Gasteiger partial charge is 0.234 e. The van der Waals surface area contributed by atoms with Crippen molar-refractivity contribution in [1.29, 1.82) is 0 Å². The summed E-state index contributed by atoms with van der Waals surface area (Å²) in [5.74, 6) is 2.32. The topological polar surface area (TPSA) is 81.4 Å². The molecule has 1 aliphatic rings. The van der Waals surface area contributed by atoms with Crippen molar-refractivity contribution in [2.75, 3.05) is 17.7 Å². The molecule has 0 saturated heterocycles. The Labute approximate surface area is 194 Å². The molecule has 9 heteroatoms. The second kappa shape index (κ2) is 8.71. The number of thiophene rings is 1. The van der Waals surface area contributed by atoms with Crippen molar-refractivity contribution < 1.29 is 9.53 Å². The van der Waals surface area contributed by atoms with Crippen LogP contribution in [0.4, 0.5) is 5.69 Å². The lowest BCUT2D eigenvalue weighted by Crippen LogP contribution is -2.15. The van der Waals surface area contributed by atoms with Crippen molar-refractivity contribution in [3.05, 3.63) is 40.5 Å². The predicted octanol–water partition coefficient (Wildman–Crippen LogP) is 4.90. The lowest BCUT2D eigenvalue weighted by Gasteiger charge is -2.17. The lowest BCUT2D eigenvalue weighted by atomic mass is 9.89. The molecule has 1 atom stereocenters. The number of carbonyl (C=O) groups is 1. The third-order valence-electron chi connectivity index (χ3n) is 5.73. The average Bonchev–Trinajstić information content (AvgIpc) is 3.34. The molecule has 32 heavy (non-hydrogen) atoms. The van der Waals surface area contributed by atoms with Crippen LogP contribution in [0.25, 0.3) is 15.9 Å². The highest BCUT2D eigenvalue weighted by molar-refractivity contribution is 7.99. The largest absolute Gasteiger partial charge is 0.492 e. The standard InChI is InChI=1S/C23H25N5O2S2/c1-4-30-17-8-6-5-7-16(17)25-19(29)12-31-23-27-26-21-20-15-10-9-13(2)11-18(15)32-22(20)24-14(3)28(21)23/h5-8,13H,4,9-12H2,1-3H3,(H,25,29)/t13-/m1/s1. The van der Waals surface area contributed by atoms with Crippen LogP contribution < -0.4 is 10.1 Å². The number of amides is 1. The number of fused-ring (bicyclic) bond motifs is 5. The van der Waals surface area contributed by atoms with Gasteiger partial charge < -0.3 is 10.1 Å². The van der Waals surface area contributed by atoms with Crippen molar-refractivity contribution in [3.8, 4) is 5.75 Å². The van der Waals surface area contributed by atoms with Crippen molar-refractivity contribution in [3.63, 3.8) is 0 Å². The molecule has 3 aromatic heterocycles. The second-order valence-electron chi connectivity index (χ2n) is 8.10. The molecule has 0 fully saturated rings. The molecular formula is C23H25N5O2S2. The highest BCUT2D eigenvalue weighted by Crippen LogP contribution is 2.39. The van der Waals surface area contributed by atoms with Gasteiger partial charge in [-0.25, -0.2) is 4.98 Å². The van der Waals surface area contributed by atoms with Gasteiger partial charge in [-0.05, 0) is 56.7 Å². The Hall–Kier alpha value is -2.65. The van der Waals surface area contributed by atoms with Crippen molar-refractivity contribution in [1.82, 2.24) is 19.6 Å². The number of aryl methyl sites for hydroxylation is 2. The molecule has 1 N–H and O–H groups in total. The van der Waals surface area contributed by atoms with Gasteiger partial charge in [0.25, 0.3) is 0 Å². The zero-order valence-electron chi connectivity index (χ0n) is 18.3. The molecule has 166 valence electrons. The van der Waals surface area contributed by atoms with E-state index in [-0.39, 0.29) is 11.7 Å². The first-order valence-electron chi connectivity index (χ1n) is 10.9. The molecule has 0 spiro atoms. The first-order valence-corrected chi connectivity index (χ1v) is 12.7. The van der Waals surface area contributed by atoms with Crippen LogP contribution in [0, 0.1) is 12.8 Å². The maximum Gasteiger partial charge on any atom is 0.234 e. The van der Waals surface area contributed by atoms with Gasteiger partial charge in [0.15, 0.2) is 10.8 Å². The summed E-state index contributed by atoms with van der Waals surface area (Å²) in [7, 11) is 0. The maximum atomic E-state index is 12.6. The number of carbonyl (C=O) groups excluding carboxylic acids is 1. The third-order valence-corrected chi connectivity index (χ3v) is 7.81. The Morgan fingerprint density at radius 2 is 2.19 bits per heavy atom. The summed E-state index contributed by atoms with van der Waals surface area (Å²) in [6.45, 7) is 6.74. The van der Waals surface area contributed by atoms with Gasteiger partial charge in [0, 0.05) is 4.88 Å². The number of benzene rings is 1. The molecule has 0 bridgehead atoms. The summed E-state index contributed by atoms with van der Waals surface area (Å²) in [6, 6.07) is 7.45. The number of hydrogen-bond acceptors (Lipinski definition) is 7. The molecule has 5 rings (SSSR count). The molecule has 1 aliphatic carbocycles. The van der Waals surface area contributed by atoms with Gasteiger partial charge in [-0.15, -0.1) is 21.5 Å². The summed E-state index contributed by atoms with van der Waals surface area (Å²) in [4.78, 5) is 20.0. The minimum atomic E-state index is -0.118. The Morgan fingerprint density at radius 3 is 3.03 bits per heavy atom. The fourth-order valence-electron chi connectivity index (χ4n) is 4.23. The number of nitrogens with zero attached hydrogens (tertiary/aromatic N) is 4. The Morgan fingerprint density at radius 1 is 1.34 bits per heavy atom. The van der Waals surface area contributed by atoms with E-state index in [0.717, 1.165) is 34.5 Å². The molecule has 0 unspecified atom stereocenters. The average molecular weight is 468 g/mol. The van der Waals surface area contributed by atoms with E-state index in [0.29, 0.717) is 29.1 Å². The van der Waals surface area contributed by atoms with Crippen LogP contribution in [-0.4, -0.2) is 37.8 Å². The SMILES string of the molecule is CCOc1ccccc1NC(=O)CSc1nnc2c3c4c(sc3nc(C)n12)C[C@H](C)CC4. The van der Waals surface area contributed by atoms with E-state index >= 15 is 0 Å². The van der Waals surface area contributed by atoms with E-state index in [4.69, 9.17) is 9.72 Å². The number of nitrogens with one attached hydrogen (secondary N) is 1. The Kier molecular flexibility index (Phi) is 5.77. The number of thioether (sulfide) groups is 1. The van der Waals surface area contributed by atoms with E-state index in [1.807, 2.05) is 42.5 Å². The van der Waals surface area contributed by atoms with Gasteiger partial charge >= 0.3 is 0 Å². The van der Waals surface area contributed by atoms with Gasteiger partial charge in [0.05, 0.1) is 23.4 Å². The van der Waals surface area contributed by atoms with Gasteiger partial charge in [0.2, 0.25) is 5.91 Å². The molecule has 0 saturated carbocycles. The number of hydrogen-bond donors (Lipinski definition) is 1. The molecule has 0 aliphatic heterocycles. The molecule has 4 aromatic rings. The van der Waals surface area contributed by atoms with Crippen LogP contribution in [0.15, 0.2) is 29.4 Å². The zero-order chi connectivity index (χ0) is 22.2. The van der Waals surface area contributed by atoms with Gasteiger partial charge in [-0.1, -0.05) is 30.8 Å². The van der Waals surface area contributed by atoms with E-state index in [2.05, 4.69) is 22.4 Å². The Bertz CT molecular complexity index is 1310. The molecular weight excluding hydrogens is 442 g/mol.